The second-order valence-electron chi connectivity index (χ2n) is 5.75. The van der Waals surface area contributed by atoms with Crippen LogP contribution in [0.5, 0.6) is 0 Å². The Morgan fingerprint density at radius 1 is 1.24 bits per heavy atom. The predicted octanol–water partition coefficient (Wildman–Crippen LogP) is 1.41. The second kappa shape index (κ2) is 6.16. The van der Waals surface area contributed by atoms with Gasteiger partial charge in [-0.1, -0.05) is 25.5 Å². The number of primary amides is 1. The normalized spacial score (nSPS) is 15.5. The number of nitrogens with zero attached hydrogens (tertiary/aromatic N) is 1. The summed E-state index contributed by atoms with van der Waals surface area (Å²) in [6.07, 6.45) is 3.47. The summed E-state index contributed by atoms with van der Waals surface area (Å²) in [5.41, 5.74) is 12.2. The molecule has 114 valence electrons. The number of carbonyl (C=O) groups is 2. The minimum absolute atomic E-state index is 0.00441. The Morgan fingerprint density at radius 3 is 2.33 bits per heavy atom. The Morgan fingerprint density at radius 2 is 1.86 bits per heavy atom. The summed E-state index contributed by atoms with van der Waals surface area (Å²) in [4.78, 5) is 25.7. The fourth-order valence-electron chi connectivity index (χ4n) is 2.65. The van der Waals surface area contributed by atoms with E-state index in [-0.39, 0.29) is 12.5 Å². The largest absolute Gasteiger partial charge is 0.399 e. The smallest absolute Gasteiger partial charge is 0.237 e. The van der Waals surface area contributed by atoms with E-state index in [0.717, 1.165) is 31.2 Å². The monoisotopic (exact) mass is 289 g/mol. The zero-order valence-corrected chi connectivity index (χ0v) is 12.5. The number of nitrogens with two attached hydrogens (primary N) is 2. The molecular formula is C16H23N3O2. The minimum atomic E-state index is -0.475. The number of nitrogen functional groups attached to an aromatic ring is 1. The zero-order valence-electron chi connectivity index (χ0n) is 12.5. The molecule has 2 amide bonds. The lowest BCUT2D eigenvalue weighted by atomic mass is 9.94. The molecule has 1 saturated carbocycles. The maximum Gasteiger partial charge on any atom is 0.237 e. The molecule has 5 heteroatoms. The lowest BCUT2D eigenvalue weighted by Gasteiger charge is -2.26. The van der Waals surface area contributed by atoms with Crippen molar-refractivity contribution in [2.45, 2.75) is 38.0 Å². The first-order valence-electron chi connectivity index (χ1n) is 7.43. The van der Waals surface area contributed by atoms with Crippen LogP contribution in [0.2, 0.25) is 0 Å². The summed E-state index contributed by atoms with van der Waals surface area (Å²) in [6.45, 7) is 2.63. The van der Waals surface area contributed by atoms with Crippen molar-refractivity contribution >= 4 is 17.5 Å². The molecule has 0 atom stereocenters. The van der Waals surface area contributed by atoms with Crippen molar-refractivity contribution in [3.8, 4) is 0 Å². The molecule has 0 heterocycles. The van der Waals surface area contributed by atoms with E-state index in [1.807, 2.05) is 24.3 Å². The van der Waals surface area contributed by atoms with E-state index in [1.165, 1.54) is 0 Å². The summed E-state index contributed by atoms with van der Waals surface area (Å²) in [7, 11) is 0. The minimum Gasteiger partial charge on any atom is -0.399 e. The number of amides is 2. The lowest BCUT2D eigenvalue weighted by molar-refractivity contribution is -0.137. The molecule has 0 radical (unpaired) electrons. The van der Waals surface area contributed by atoms with Gasteiger partial charge in [-0.2, -0.15) is 0 Å². The maximum atomic E-state index is 12.8. The number of hydrogen-bond acceptors (Lipinski definition) is 3. The summed E-state index contributed by atoms with van der Waals surface area (Å²) in [5.74, 6) is -0.452. The van der Waals surface area contributed by atoms with Crippen LogP contribution in [-0.2, 0) is 15.0 Å². The number of anilines is 1. The molecule has 2 rings (SSSR count). The fraction of sp³-hybridized carbons (Fsp3) is 0.500. The van der Waals surface area contributed by atoms with Gasteiger partial charge in [0.25, 0.3) is 0 Å². The average molecular weight is 289 g/mol. The predicted molar refractivity (Wildman–Crippen MR) is 82.4 cm³/mol. The molecule has 5 nitrogen and oxygen atoms in total. The van der Waals surface area contributed by atoms with Crippen LogP contribution in [0.15, 0.2) is 24.3 Å². The number of rotatable bonds is 7. The van der Waals surface area contributed by atoms with Crippen molar-refractivity contribution in [1.29, 1.82) is 0 Å². The van der Waals surface area contributed by atoms with Gasteiger partial charge < -0.3 is 16.4 Å². The molecule has 1 aliphatic carbocycles. The number of unbranched alkanes of at least 4 members (excludes halogenated alkanes) is 1. The maximum absolute atomic E-state index is 12.8. The summed E-state index contributed by atoms with van der Waals surface area (Å²) < 4.78 is 0. The summed E-state index contributed by atoms with van der Waals surface area (Å²) in [5, 5.41) is 0. The molecular weight excluding hydrogens is 266 g/mol. The molecule has 21 heavy (non-hydrogen) atoms. The summed E-state index contributed by atoms with van der Waals surface area (Å²) in [6, 6.07) is 7.44. The quantitative estimate of drug-likeness (QED) is 0.744. The van der Waals surface area contributed by atoms with E-state index in [1.54, 1.807) is 4.90 Å². The van der Waals surface area contributed by atoms with Gasteiger partial charge in [0.15, 0.2) is 0 Å². The van der Waals surface area contributed by atoms with Crippen LogP contribution in [0.1, 0.15) is 38.2 Å². The first-order valence-corrected chi connectivity index (χ1v) is 7.43. The van der Waals surface area contributed by atoms with E-state index < -0.39 is 11.3 Å². The molecule has 0 bridgehead atoms. The molecule has 4 N–H and O–H groups in total. The Labute approximate surface area is 125 Å². The lowest BCUT2D eigenvalue weighted by Crippen LogP contribution is -2.44. The van der Waals surface area contributed by atoms with Crippen molar-refractivity contribution in [3.63, 3.8) is 0 Å². The molecule has 0 unspecified atom stereocenters. The highest BCUT2D eigenvalue weighted by Crippen LogP contribution is 2.49. The average Bonchev–Trinajstić information content (AvgIpc) is 3.24. The highest BCUT2D eigenvalue weighted by Gasteiger charge is 2.52. The molecule has 0 spiro atoms. The Hall–Kier alpha value is -2.04. The molecule has 1 aromatic carbocycles. The van der Waals surface area contributed by atoms with Crippen LogP contribution >= 0.6 is 0 Å². The van der Waals surface area contributed by atoms with Crippen LogP contribution in [0, 0.1) is 0 Å². The van der Waals surface area contributed by atoms with Gasteiger partial charge in [-0.05, 0) is 37.0 Å². The third-order valence-corrected chi connectivity index (χ3v) is 4.04. The zero-order chi connectivity index (χ0) is 15.5. The third kappa shape index (κ3) is 3.35. The number of benzene rings is 1. The second-order valence-corrected chi connectivity index (χ2v) is 5.75. The fourth-order valence-corrected chi connectivity index (χ4v) is 2.65. The SMILES string of the molecule is CCCCN(CC(N)=O)C(=O)C1(c2ccc(N)cc2)CC1. The van der Waals surface area contributed by atoms with Gasteiger partial charge >= 0.3 is 0 Å². The highest BCUT2D eigenvalue weighted by molar-refractivity contribution is 5.93. The molecule has 1 aliphatic rings. The van der Waals surface area contributed by atoms with E-state index in [0.29, 0.717) is 12.2 Å². The van der Waals surface area contributed by atoms with Crippen LogP contribution in [-0.4, -0.2) is 29.8 Å². The van der Waals surface area contributed by atoms with Crippen LogP contribution in [0.3, 0.4) is 0 Å². The van der Waals surface area contributed by atoms with Crippen LogP contribution in [0.25, 0.3) is 0 Å². The molecule has 1 aromatic rings. The first kappa shape index (κ1) is 15.4. The van der Waals surface area contributed by atoms with Gasteiger partial charge in [0.2, 0.25) is 11.8 Å². The van der Waals surface area contributed by atoms with E-state index >= 15 is 0 Å². The van der Waals surface area contributed by atoms with E-state index in [9.17, 15) is 9.59 Å². The Kier molecular flexibility index (Phi) is 4.50. The highest BCUT2D eigenvalue weighted by atomic mass is 16.2. The first-order chi connectivity index (χ1) is 9.99. The van der Waals surface area contributed by atoms with Gasteiger partial charge in [-0.3, -0.25) is 9.59 Å². The third-order valence-electron chi connectivity index (χ3n) is 4.04. The molecule has 1 fully saturated rings. The Bertz CT molecular complexity index is 521. The standard InChI is InChI=1S/C16H23N3O2/c1-2-3-10-19(11-14(18)20)15(21)16(8-9-16)12-4-6-13(17)7-5-12/h4-7H,2-3,8-11,17H2,1H3,(H2,18,20). The van der Waals surface area contributed by atoms with Gasteiger partial charge in [0.05, 0.1) is 12.0 Å². The van der Waals surface area contributed by atoms with Gasteiger partial charge in [0.1, 0.15) is 0 Å². The molecule has 0 aliphatic heterocycles. The number of hydrogen-bond donors (Lipinski definition) is 2. The Balaban J connectivity index is 2.18. The van der Waals surface area contributed by atoms with Gasteiger partial charge in [-0.25, -0.2) is 0 Å². The topological polar surface area (TPSA) is 89.4 Å². The summed E-state index contributed by atoms with van der Waals surface area (Å²) >= 11 is 0. The van der Waals surface area contributed by atoms with Crippen LogP contribution in [0.4, 0.5) is 5.69 Å². The van der Waals surface area contributed by atoms with E-state index in [4.69, 9.17) is 11.5 Å². The van der Waals surface area contributed by atoms with Gasteiger partial charge in [0, 0.05) is 12.2 Å². The van der Waals surface area contributed by atoms with Crippen molar-refractivity contribution in [2.24, 2.45) is 5.73 Å². The van der Waals surface area contributed by atoms with Crippen molar-refractivity contribution in [3.05, 3.63) is 29.8 Å². The number of carbonyl (C=O) groups excluding carboxylic acids is 2. The van der Waals surface area contributed by atoms with Gasteiger partial charge in [-0.15, -0.1) is 0 Å². The van der Waals surface area contributed by atoms with Crippen molar-refractivity contribution in [2.75, 3.05) is 18.8 Å². The molecule has 0 aromatic heterocycles. The van der Waals surface area contributed by atoms with Crippen molar-refractivity contribution < 1.29 is 9.59 Å². The molecule has 0 saturated heterocycles. The van der Waals surface area contributed by atoms with Crippen LogP contribution < -0.4 is 11.5 Å². The van der Waals surface area contributed by atoms with E-state index in [2.05, 4.69) is 6.92 Å². The van der Waals surface area contributed by atoms with Crippen molar-refractivity contribution in [1.82, 2.24) is 4.90 Å².